The highest BCUT2D eigenvalue weighted by Crippen LogP contribution is 2.46. The molecule has 9 rings (SSSR count). The Balaban J connectivity index is 1.41. The van der Waals surface area contributed by atoms with Crippen molar-refractivity contribution in [3.63, 3.8) is 0 Å². The van der Waals surface area contributed by atoms with Gasteiger partial charge in [-0.3, -0.25) is 0 Å². The SMILES string of the molecule is c1ccc(-c2cnc(-c3c4cc(-c5ccccc5)ccc4c(-c4cccc5ccccc45)c4cc(-c5ccccc5)ccc34)nc2)cc1. The standard InChI is InChI=1S/C46H30N2/c1-4-13-31(14-5-1)35-24-26-41-42(27-35)44(39-22-12-20-34-19-10-11-21-38(34)39)40-25-23-36(32-15-6-2-7-16-32)28-43(40)45(41)46-47-29-37(30-48-46)33-17-8-3-9-18-33/h1-30H. The number of aromatic nitrogens is 2. The van der Waals surface area contributed by atoms with Crippen LogP contribution in [0.1, 0.15) is 0 Å². The fraction of sp³-hybridized carbons (Fsp3) is 0. The van der Waals surface area contributed by atoms with Gasteiger partial charge in [-0.15, -0.1) is 0 Å². The van der Waals surface area contributed by atoms with Gasteiger partial charge in [0.2, 0.25) is 0 Å². The van der Waals surface area contributed by atoms with Crippen LogP contribution in [0.3, 0.4) is 0 Å². The number of nitrogens with zero attached hydrogens (tertiary/aromatic N) is 2. The molecule has 0 aliphatic rings. The minimum Gasteiger partial charge on any atom is -0.236 e. The van der Waals surface area contributed by atoms with Gasteiger partial charge in [0.1, 0.15) is 0 Å². The number of rotatable bonds is 5. The largest absolute Gasteiger partial charge is 0.236 e. The smallest absolute Gasteiger partial charge is 0.160 e. The van der Waals surface area contributed by atoms with Crippen molar-refractivity contribution in [3.05, 3.63) is 182 Å². The summed E-state index contributed by atoms with van der Waals surface area (Å²) in [5, 5.41) is 7.07. The van der Waals surface area contributed by atoms with Gasteiger partial charge >= 0.3 is 0 Å². The molecular weight excluding hydrogens is 581 g/mol. The zero-order valence-corrected chi connectivity index (χ0v) is 26.2. The molecule has 1 heterocycles. The lowest BCUT2D eigenvalue weighted by molar-refractivity contribution is 1.19. The van der Waals surface area contributed by atoms with E-state index in [0.29, 0.717) is 5.82 Å². The molecule has 0 radical (unpaired) electrons. The summed E-state index contributed by atoms with van der Waals surface area (Å²) in [6.45, 7) is 0. The minimum absolute atomic E-state index is 0.715. The maximum absolute atomic E-state index is 5.05. The van der Waals surface area contributed by atoms with Crippen LogP contribution < -0.4 is 0 Å². The van der Waals surface area contributed by atoms with Gasteiger partial charge in [0.25, 0.3) is 0 Å². The molecule has 48 heavy (non-hydrogen) atoms. The lowest BCUT2D eigenvalue weighted by Crippen LogP contribution is -1.96. The molecule has 0 fully saturated rings. The molecule has 0 bridgehead atoms. The Hall–Kier alpha value is -6.38. The van der Waals surface area contributed by atoms with E-state index in [0.717, 1.165) is 33.0 Å². The predicted molar refractivity (Wildman–Crippen MR) is 202 cm³/mol. The van der Waals surface area contributed by atoms with Gasteiger partial charge in [0.15, 0.2) is 5.82 Å². The van der Waals surface area contributed by atoms with Crippen LogP contribution in [-0.2, 0) is 0 Å². The summed E-state index contributed by atoms with van der Waals surface area (Å²) in [6, 6.07) is 60.6. The monoisotopic (exact) mass is 610 g/mol. The summed E-state index contributed by atoms with van der Waals surface area (Å²) in [5.41, 5.74) is 10.3. The van der Waals surface area contributed by atoms with Crippen molar-refractivity contribution in [2.24, 2.45) is 0 Å². The second-order valence-electron chi connectivity index (χ2n) is 12.2. The summed E-state index contributed by atoms with van der Waals surface area (Å²) in [7, 11) is 0. The summed E-state index contributed by atoms with van der Waals surface area (Å²) in [5.74, 6) is 0.715. The second kappa shape index (κ2) is 11.8. The number of fused-ring (bicyclic) bond motifs is 3. The van der Waals surface area contributed by atoms with E-state index in [1.807, 2.05) is 30.6 Å². The maximum atomic E-state index is 5.05. The van der Waals surface area contributed by atoms with Gasteiger partial charge in [0.05, 0.1) is 0 Å². The fourth-order valence-corrected chi connectivity index (χ4v) is 7.06. The topological polar surface area (TPSA) is 25.8 Å². The van der Waals surface area contributed by atoms with E-state index in [-0.39, 0.29) is 0 Å². The fourth-order valence-electron chi connectivity index (χ4n) is 7.06. The van der Waals surface area contributed by atoms with Crippen molar-refractivity contribution in [1.29, 1.82) is 0 Å². The lowest BCUT2D eigenvalue weighted by Gasteiger charge is -2.20. The number of hydrogen-bond acceptors (Lipinski definition) is 2. The van der Waals surface area contributed by atoms with Crippen LogP contribution in [0.25, 0.3) is 88.2 Å². The van der Waals surface area contributed by atoms with E-state index >= 15 is 0 Å². The first kappa shape index (κ1) is 27.9. The zero-order valence-electron chi connectivity index (χ0n) is 26.2. The van der Waals surface area contributed by atoms with E-state index in [9.17, 15) is 0 Å². The minimum atomic E-state index is 0.715. The molecule has 2 nitrogen and oxygen atoms in total. The van der Waals surface area contributed by atoms with Gasteiger partial charge < -0.3 is 0 Å². The molecule has 0 unspecified atom stereocenters. The third-order valence-corrected chi connectivity index (χ3v) is 9.37. The highest BCUT2D eigenvalue weighted by Gasteiger charge is 2.21. The second-order valence-corrected chi connectivity index (χ2v) is 12.2. The molecule has 0 saturated carbocycles. The molecular formula is C46H30N2. The van der Waals surface area contributed by atoms with Crippen LogP contribution in [0.4, 0.5) is 0 Å². The van der Waals surface area contributed by atoms with E-state index in [2.05, 4.69) is 152 Å². The molecule has 8 aromatic carbocycles. The van der Waals surface area contributed by atoms with Crippen molar-refractivity contribution in [3.8, 4) is 55.9 Å². The molecule has 224 valence electrons. The first-order valence-electron chi connectivity index (χ1n) is 16.3. The molecule has 0 atom stereocenters. The summed E-state index contributed by atoms with van der Waals surface area (Å²) >= 11 is 0. The molecule has 0 N–H and O–H groups in total. The molecule has 0 aliphatic heterocycles. The highest BCUT2D eigenvalue weighted by atomic mass is 14.9. The normalized spacial score (nSPS) is 11.3. The first-order valence-corrected chi connectivity index (χ1v) is 16.3. The molecule has 0 saturated heterocycles. The van der Waals surface area contributed by atoms with Crippen LogP contribution in [0.5, 0.6) is 0 Å². The van der Waals surface area contributed by atoms with Crippen LogP contribution >= 0.6 is 0 Å². The Morgan fingerprint density at radius 2 is 0.771 bits per heavy atom. The average Bonchev–Trinajstić information content (AvgIpc) is 3.17. The number of hydrogen-bond donors (Lipinski definition) is 0. The Kier molecular flexibility index (Phi) is 6.84. The molecule has 0 amide bonds. The van der Waals surface area contributed by atoms with Crippen molar-refractivity contribution in [2.75, 3.05) is 0 Å². The molecule has 0 aliphatic carbocycles. The van der Waals surface area contributed by atoms with Gasteiger partial charge in [0, 0.05) is 23.5 Å². The van der Waals surface area contributed by atoms with E-state index in [1.54, 1.807) is 0 Å². The molecule has 0 spiro atoms. The molecule has 9 aromatic rings. The Labute approximate surface area is 279 Å². The lowest BCUT2D eigenvalue weighted by atomic mass is 9.84. The van der Waals surface area contributed by atoms with Gasteiger partial charge in [-0.2, -0.15) is 0 Å². The van der Waals surface area contributed by atoms with Gasteiger partial charge in [-0.25, -0.2) is 9.97 Å². The van der Waals surface area contributed by atoms with Gasteiger partial charge in [-0.1, -0.05) is 158 Å². The van der Waals surface area contributed by atoms with Crippen LogP contribution in [0, 0.1) is 0 Å². The summed E-state index contributed by atoms with van der Waals surface area (Å²) < 4.78 is 0. The van der Waals surface area contributed by atoms with Crippen molar-refractivity contribution in [2.45, 2.75) is 0 Å². The van der Waals surface area contributed by atoms with Gasteiger partial charge in [-0.05, 0) is 83.4 Å². The van der Waals surface area contributed by atoms with Crippen LogP contribution in [0.15, 0.2) is 182 Å². The third-order valence-electron chi connectivity index (χ3n) is 9.37. The summed E-state index contributed by atoms with van der Waals surface area (Å²) in [4.78, 5) is 10.1. The molecule has 2 heteroatoms. The average molecular weight is 611 g/mol. The maximum Gasteiger partial charge on any atom is 0.160 e. The van der Waals surface area contributed by atoms with Crippen LogP contribution in [0.2, 0.25) is 0 Å². The molecule has 1 aromatic heterocycles. The Bertz CT molecular complexity index is 2570. The Morgan fingerprint density at radius 1 is 0.292 bits per heavy atom. The van der Waals surface area contributed by atoms with Crippen molar-refractivity contribution < 1.29 is 0 Å². The third kappa shape index (κ3) is 4.83. The quantitative estimate of drug-likeness (QED) is 0.181. The first-order chi connectivity index (χ1) is 23.8. The van der Waals surface area contributed by atoms with Crippen molar-refractivity contribution >= 4 is 32.3 Å². The van der Waals surface area contributed by atoms with Crippen LogP contribution in [-0.4, -0.2) is 9.97 Å². The Morgan fingerprint density at radius 3 is 1.38 bits per heavy atom. The van der Waals surface area contributed by atoms with E-state index < -0.39 is 0 Å². The summed E-state index contributed by atoms with van der Waals surface area (Å²) in [6.07, 6.45) is 3.90. The predicted octanol–water partition coefficient (Wildman–Crippen LogP) is 12.3. The number of benzene rings is 8. The highest BCUT2D eigenvalue weighted by molar-refractivity contribution is 6.24. The van der Waals surface area contributed by atoms with Crippen molar-refractivity contribution in [1.82, 2.24) is 9.97 Å². The van der Waals surface area contributed by atoms with E-state index in [4.69, 9.17) is 9.97 Å². The van der Waals surface area contributed by atoms with E-state index in [1.165, 1.54) is 49.4 Å². The zero-order chi connectivity index (χ0) is 31.9.